The number of halogens is 1. The SMILES string of the molecule is CC1(C)C(O)CC1NS(=O)(=O)c1ccc(F)c(C#N)c1. The molecule has 1 saturated carbocycles. The van der Waals surface area contributed by atoms with Crippen molar-refractivity contribution < 1.29 is 17.9 Å². The Morgan fingerprint density at radius 1 is 1.50 bits per heavy atom. The Balaban J connectivity index is 2.26. The van der Waals surface area contributed by atoms with Crippen LogP contribution in [-0.2, 0) is 10.0 Å². The first-order chi connectivity index (χ1) is 9.18. The Hall–Kier alpha value is -1.49. The van der Waals surface area contributed by atoms with E-state index in [2.05, 4.69) is 4.72 Å². The maximum Gasteiger partial charge on any atom is 0.240 e. The number of nitriles is 1. The van der Waals surface area contributed by atoms with Crippen LogP contribution in [0.4, 0.5) is 4.39 Å². The molecule has 0 spiro atoms. The Labute approximate surface area is 117 Å². The van der Waals surface area contributed by atoms with E-state index >= 15 is 0 Å². The summed E-state index contributed by atoms with van der Waals surface area (Å²) in [6, 6.07) is 4.28. The van der Waals surface area contributed by atoms with Crippen molar-refractivity contribution in [2.45, 2.75) is 37.3 Å². The zero-order valence-corrected chi connectivity index (χ0v) is 11.9. The van der Waals surface area contributed by atoms with Crippen LogP contribution in [-0.4, -0.2) is 25.7 Å². The molecule has 20 heavy (non-hydrogen) atoms. The van der Waals surface area contributed by atoms with Gasteiger partial charge in [-0.25, -0.2) is 17.5 Å². The topological polar surface area (TPSA) is 90.2 Å². The fourth-order valence-corrected chi connectivity index (χ4v) is 3.55. The van der Waals surface area contributed by atoms with Gasteiger partial charge in [-0.2, -0.15) is 5.26 Å². The first-order valence-corrected chi connectivity index (χ1v) is 7.57. The second kappa shape index (κ2) is 4.81. The molecule has 0 aliphatic heterocycles. The molecule has 1 aromatic rings. The number of nitrogens with zero attached hydrogens (tertiary/aromatic N) is 1. The number of aliphatic hydroxyl groups excluding tert-OH is 1. The van der Waals surface area contributed by atoms with Crippen LogP contribution >= 0.6 is 0 Å². The molecule has 1 fully saturated rings. The number of benzene rings is 1. The van der Waals surface area contributed by atoms with Crippen molar-refractivity contribution in [2.75, 3.05) is 0 Å². The molecule has 2 unspecified atom stereocenters. The maximum absolute atomic E-state index is 13.2. The Kier molecular flexibility index (Phi) is 3.58. The van der Waals surface area contributed by atoms with Crippen molar-refractivity contribution in [3.05, 3.63) is 29.6 Å². The van der Waals surface area contributed by atoms with Crippen molar-refractivity contribution in [1.29, 1.82) is 5.26 Å². The number of rotatable bonds is 3. The molecule has 5 nitrogen and oxygen atoms in total. The Morgan fingerprint density at radius 2 is 2.15 bits per heavy atom. The summed E-state index contributed by atoms with van der Waals surface area (Å²) in [5, 5.41) is 18.3. The van der Waals surface area contributed by atoms with Gasteiger partial charge < -0.3 is 5.11 Å². The van der Waals surface area contributed by atoms with E-state index in [1.54, 1.807) is 19.9 Å². The number of hydrogen-bond donors (Lipinski definition) is 2. The Morgan fingerprint density at radius 3 is 2.65 bits per heavy atom. The molecular weight excluding hydrogens is 283 g/mol. The molecule has 0 radical (unpaired) electrons. The van der Waals surface area contributed by atoms with Gasteiger partial charge >= 0.3 is 0 Å². The van der Waals surface area contributed by atoms with Crippen LogP contribution in [0.15, 0.2) is 23.1 Å². The van der Waals surface area contributed by atoms with Crippen molar-refractivity contribution in [2.24, 2.45) is 5.41 Å². The second-order valence-electron chi connectivity index (χ2n) is 5.50. The molecule has 2 rings (SSSR count). The molecule has 0 bridgehead atoms. The predicted molar refractivity (Wildman–Crippen MR) is 69.6 cm³/mol. The standard InChI is InChI=1S/C13H15FN2O3S/c1-13(2)11(6-12(13)17)16-20(18,19)9-3-4-10(14)8(5-9)7-15/h3-5,11-12,16-17H,6H2,1-2H3. The number of nitrogens with one attached hydrogen (secondary N) is 1. The highest BCUT2D eigenvalue weighted by Crippen LogP contribution is 2.41. The molecule has 2 N–H and O–H groups in total. The fourth-order valence-electron chi connectivity index (χ4n) is 2.12. The smallest absolute Gasteiger partial charge is 0.240 e. The minimum Gasteiger partial charge on any atom is -0.392 e. The van der Waals surface area contributed by atoms with Crippen LogP contribution in [0.5, 0.6) is 0 Å². The minimum atomic E-state index is -3.84. The summed E-state index contributed by atoms with van der Waals surface area (Å²) in [5.74, 6) is -0.758. The molecule has 0 aromatic heterocycles. The van der Waals surface area contributed by atoms with Crippen LogP contribution in [0.3, 0.4) is 0 Å². The molecule has 1 aliphatic rings. The highest BCUT2D eigenvalue weighted by molar-refractivity contribution is 7.89. The van der Waals surface area contributed by atoms with Gasteiger partial charge in [-0.3, -0.25) is 0 Å². The summed E-state index contributed by atoms with van der Waals surface area (Å²) in [6.45, 7) is 3.53. The lowest BCUT2D eigenvalue weighted by molar-refractivity contribution is -0.0645. The van der Waals surface area contributed by atoms with Gasteiger partial charge in [0, 0.05) is 11.5 Å². The zero-order chi connectivity index (χ0) is 15.1. The quantitative estimate of drug-likeness (QED) is 0.875. The summed E-state index contributed by atoms with van der Waals surface area (Å²) >= 11 is 0. The predicted octanol–water partition coefficient (Wildman–Crippen LogP) is 1.14. The lowest BCUT2D eigenvalue weighted by Crippen LogP contribution is -2.61. The van der Waals surface area contributed by atoms with E-state index in [0.717, 1.165) is 18.2 Å². The van der Waals surface area contributed by atoms with Gasteiger partial charge in [0.05, 0.1) is 16.6 Å². The normalized spacial score (nSPS) is 24.8. The van der Waals surface area contributed by atoms with E-state index in [-0.39, 0.29) is 10.5 Å². The van der Waals surface area contributed by atoms with Gasteiger partial charge in [0.1, 0.15) is 11.9 Å². The molecular formula is C13H15FN2O3S. The first kappa shape index (κ1) is 14.9. The molecule has 7 heteroatoms. The van der Waals surface area contributed by atoms with Crippen molar-refractivity contribution in [3.63, 3.8) is 0 Å². The summed E-state index contributed by atoms with van der Waals surface area (Å²) in [7, 11) is -3.84. The van der Waals surface area contributed by atoms with Crippen LogP contribution in [0.1, 0.15) is 25.8 Å². The van der Waals surface area contributed by atoms with Crippen LogP contribution in [0.2, 0.25) is 0 Å². The zero-order valence-electron chi connectivity index (χ0n) is 11.1. The van der Waals surface area contributed by atoms with E-state index in [1.807, 2.05) is 0 Å². The average Bonchev–Trinajstić information content (AvgIpc) is 2.38. The van der Waals surface area contributed by atoms with E-state index in [4.69, 9.17) is 5.26 Å². The Bertz CT molecular complexity index is 679. The highest BCUT2D eigenvalue weighted by Gasteiger charge is 2.48. The molecule has 0 saturated heterocycles. The van der Waals surface area contributed by atoms with Crippen LogP contribution in [0.25, 0.3) is 0 Å². The van der Waals surface area contributed by atoms with Crippen LogP contribution < -0.4 is 4.72 Å². The monoisotopic (exact) mass is 298 g/mol. The number of hydrogen-bond acceptors (Lipinski definition) is 4. The van der Waals surface area contributed by atoms with Gasteiger partial charge in [0.15, 0.2) is 0 Å². The second-order valence-corrected chi connectivity index (χ2v) is 7.21. The van der Waals surface area contributed by atoms with Crippen molar-refractivity contribution in [3.8, 4) is 6.07 Å². The van der Waals surface area contributed by atoms with E-state index < -0.39 is 33.4 Å². The summed E-state index contributed by atoms with van der Waals surface area (Å²) in [5.41, 5.74) is -0.869. The molecule has 1 aromatic carbocycles. The van der Waals surface area contributed by atoms with Crippen molar-refractivity contribution in [1.82, 2.24) is 4.72 Å². The number of sulfonamides is 1. The summed E-state index contributed by atoms with van der Waals surface area (Å²) < 4.78 is 40.1. The summed E-state index contributed by atoms with van der Waals surface area (Å²) in [6.07, 6.45) is -0.225. The molecule has 0 heterocycles. The number of aliphatic hydroxyl groups is 1. The minimum absolute atomic E-state index is 0.160. The third kappa shape index (κ3) is 2.42. The van der Waals surface area contributed by atoms with Gasteiger partial charge in [0.25, 0.3) is 0 Å². The third-order valence-corrected chi connectivity index (χ3v) is 5.35. The van der Waals surface area contributed by atoms with Gasteiger partial charge in [-0.05, 0) is 24.6 Å². The highest BCUT2D eigenvalue weighted by atomic mass is 32.2. The largest absolute Gasteiger partial charge is 0.392 e. The fraction of sp³-hybridized carbons (Fsp3) is 0.462. The van der Waals surface area contributed by atoms with Gasteiger partial charge in [-0.15, -0.1) is 0 Å². The van der Waals surface area contributed by atoms with Crippen molar-refractivity contribution >= 4 is 10.0 Å². The lowest BCUT2D eigenvalue weighted by Gasteiger charge is -2.49. The van der Waals surface area contributed by atoms with E-state index in [0.29, 0.717) is 6.42 Å². The summed E-state index contributed by atoms with van der Waals surface area (Å²) in [4.78, 5) is -0.160. The average molecular weight is 298 g/mol. The molecule has 2 atom stereocenters. The maximum atomic E-state index is 13.2. The first-order valence-electron chi connectivity index (χ1n) is 6.08. The van der Waals surface area contributed by atoms with Gasteiger partial charge in [-0.1, -0.05) is 13.8 Å². The molecule has 108 valence electrons. The lowest BCUT2D eigenvalue weighted by atomic mass is 9.65. The third-order valence-electron chi connectivity index (χ3n) is 3.88. The van der Waals surface area contributed by atoms with E-state index in [9.17, 15) is 17.9 Å². The molecule has 0 amide bonds. The van der Waals surface area contributed by atoms with Gasteiger partial charge in [0.2, 0.25) is 10.0 Å². The van der Waals surface area contributed by atoms with E-state index in [1.165, 1.54) is 0 Å². The molecule has 1 aliphatic carbocycles. The van der Waals surface area contributed by atoms with Crippen LogP contribution in [0, 0.1) is 22.6 Å².